The van der Waals surface area contributed by atoms with Gasteiger partial charge in [0, 0.05) is 29.4 Å². The van der Waals surface area contributed by atoms with Crippen molar-refractivity contribution in [2.24, 2.45) is 0 Å². The first-order valence-electron chi connectivity index (χ1n) is 7.39. The minimum absolute atomic E-state index is 0.265. The maximum Gasteiger partial charge on any atom is 0.258 e. The number of aromatic nitrogens is 2. The summed E-state index contributed by atoms with van der Waals surface area (Å²) >= 11 is 1.43. The SMILES string of the molecule is COc1cc(NC(=O)c2csc3cnc(C)nc23)cc(OC)c1OC. The number of nitrogens with zero attached hydrogens (tertiary/aromatic N) is 2. The Labute approximate surface area is 148 Å². The Hall–Kier alpha value is -2.87. The van der Waals surface area contributed by atoms with E-state index in [4.69, 9.17) is 14.2 Å². The third-order valence-corrected chi connectivity index (χ3v) is 4.51. The minimum Gasteiger partial charge on any atom is -0.493 e. The van der Waals surface area contributed by atoms with E-state index in [1.807, 2.05) is 0 Å². The molecule has 0 saturated heterocycles. The van der Waals surface area contributed by atoms with E-state index in [0.29, 0.717) is 39.8 Å². The van der Waals surface area contributed by atoms with E-state index in [2.05, 4.69) is 15.3 Å². The maximum atomic E-state index is 12.7. The van der Waals surface area contributed by atoms with Gasteiger partial charge in [0.1, 0.15) is 5.82 Å². The Bertz CT molecular complexity index is 914. The van der Waals surface area contributed by atoms with Crippen molar-refractivity contribution >= 4 is 33.1 Å². The van der Waals surface area contributed by atoms with Gasteiger partial charge in [0.05, 0.1) is 37.1 Å². The average molecular weight is 359 g/mol. The van der Waals surface area contributed by atoms with Crippen molar-refractivity contribution in [3.63, 3.8) is 0 Å². The van der Waals surface area contributed by atoms with E-state index < -0.39 is 0 Å². The third-order valence-electron chi connectivity index (χ3n) is 3.60. The number of aryl methyl sites for hydroxylation is 1. The lowest BCUT2D eigenvalue weighted by Crippen LogP contribution is -2.12. The number of amides is 1. The summed E-state index contributed by atoms with van der Waals surface area (Å²) < 4.78 is 16.8. The zero-order chi connectivity index (χ0) is 18.0. The highest BCUT2D eigenvalue weighted by Gasteiger charge is 2.18. The molecule has 0 bridgehead atoms. The van der Waals surface area contributed by atoms with E-state index in [1.165, 1.54) is 32.7 Å². The molecule has 0 unspecified atom stereocenters. The van der Waals surface area contributed by atoms with Crippen molar-refractivity contribution in [1.82, 2.24) is 9.97 Å². The van der Waals surface area contributed by atoms with Gasteiger partial charge < -0.3 is 19.5 Å². The van der Waals surface area contributed by atoms with E-state index in [-0.39, 0.29) is 5.91 Å². The van der Waals surface area contributed by atoms with Crippen LogP contribution in [0.5, 0.6) is 17.2 Å². The molecular weight excluding hydrogens is 342 g/mol. The summed E-state index contributed by atoms with van der Waals surface area (Å²) in [7, 11) is 4.57. The number of hydrogen-bond acceptors (Lipinski definition) is 7. The highest BCUT2D eigenvalue weighted by atomic mass is 32.1. The number of nitrogens with one attached hydrogen (secondary N) is 1. The van der Waals surface area contributed by atoms with E-state index in [9.17, 15) is 4.79 Å². The van der Waals surface area contributed by atoms with Gasteiger partial charge in [-0.15, -0.1) is 11.3 Å². The highest BCUT2D eigenvalue weighted by Crippen LogP contribution is 2.40. The van der Waals surface area contributed by atoms with Gasteiger partial charge >= 0.3 is 0 Å². The van der Waals surface area contributed by atoms with Crippen LogP contribution in [0.4, 0.5) is 5.69 Å². The summed E-state index contributed by atoms with van der Waals surface area (Å²) in [6, 6.07) is 3.35. The molecule has 1 aromatic carbocycles. The fourth-order valence-electron chi connectivity index (χ4n) is 2.43. The first kappa shape index (κ1) is 17.0. The Morgan fingerprint density at radius 1 is 1.12 bits per heavy atom. The Morgan fingerprint density at radius 3 is 2.40 bits per heavy atom. The zero-order valence-electron chi connectivity index (χ0n) is 14.2. The van der Waals surface area contributed by atoms with Gasteiger partial charge in [-0.1, -0.05) is 0 Å². The largest absolute Gasteiger partial charge is 0.493 e. The molecule has 3 aromatic rings. The van der Waals surface area contributed by atoms with Crippen LogP contribution in [0, 0.1) is 6.92 Å². The van der Waals surface area contributed by atoms with Crippen molar-refractivity contribution in [3.05, 3.63) is 35.1 Å². The lowest BCUT2D eigenvalue weighted by Gasteiger charge is -2.14. The van der Waals surface area contributed by atoms with Crippen molar-refractivity contribution < 1.29 is 19.0 Å². The first-order valence-corrected chi connectivity index (χ1v) is 8.27. The van der Waals surface area contributed by atoms with Crippen LogP contribution in [-0.4, -0.2) is 37.2 Å². The summed E-state index contributed by atoms with van der Waals surface area (Å²) in [5.74, 6) is 1.75. The van der Waals surface area contributed by atoms with Crippen LogP contribution < -0.4 is 19.5 Å². The molecule has 0 radical (unpaired) electrons. The lowest BCUT2D eigenvalue weighted by atomic mass is 10.2. The molecule has 1 N–H and O–H groups in total. The smallest absolute Gasteiger partial charge is 0.258 e. The van der Waals surface area contributed by atoms with Gasteiger partial charge in [0.15, 0.2) is 11.5 Å². The molecule has 3 rings (SSSR count). The second-order valence-electron chi connectivity index (χ2n) is 5.15. The quantitative estimate of drug-likeness (QED) is 0.753. The molecule has 25 heavy (non-hydrogen) atoms. The van der Waals surface area contributed by atoms with Crippen LogP contribution in [0.2, 0.25) is 0 Å². The molecule has 0 spiro atoms. The van der Waals surface area contributed by atoms with Crippen LogP contribution in [0.25, 0.3) is 10.2 Å². The van der Waals surface area contributed by atoms with Gasteiger partial charge in [-0.05, 0) is 6.92 Å². The topological polar surface area (TPSA) is 82.6 Å². The van der Waals surface area contributed by atoms with Crippen LogP contribution in [0.1, 0.15) is 16.2 Å². The highest BCUT2D eigenvalue weighted by molar-refractivity contribution is 7.17. The fourth-order valence-corrected chi connectivity index (χ4v) is 3.27. The first-order chi connectivity index (χ1) is 12.1. The number of ether oxygens (including phenoxy) is 3. The number of hydrogen-bond donors (Lipinski definition) is 1. The number of benzene rings is 1. The van der Waals surface area contributed by atoms with Crippen molar-refractivity contribution in [2.45, 2.75) is 6.92 Å². The molecule has 0 aliphatic heterocycles. The summed E-state index contributed by atoms with van der Waals surface area (Å²) in [6.45, 7) is 1.79. The van der Waals surface area contributed by atoms with Gasteiger partial charge in [0.2, 0.25) is 5.75 Å². The summed E-state index contributed by atoms with van der Waals surface area (Å²) in [6.07, 6.45) is 1.72. The van der Waals surface area contributed by atoms with Crippen molar-refractivity contribution in [2.75, 3.05) is 26.6 Å². The Morgan fingerprint density at radius 2 is 1.80 bits per heavy atom. The third kappa shape index (κ3) is 3.20. The number of rotatable bonds is 5. The molecule has 8 heteroatoms. The summed E-state index contributed by atoms with van der Waals surface area (Å²) in [5.41, 5.74) is 1.67. The second-order valence-corrected chi connectivity index (χ2v) is 6.06. The molecular formula is C17H17N3O4S. The van der Waals surface area contributed by atoms with Gasteiger partial charge in [-0.3, -0.25) is 4.79 Å². The average Bonchev–Trinajstić information content (AvgIpc) is 3.03. The fraction of sp³-hybridized carbons (Fsp3) is 0.235. The van der Waals surface area contributed by atoms with Crippen molar-refractivity contribution in [1.29, 1.82) is 0 Å². The molecule has 7 nitrogen and oxygen atoms in total. The number of carbonyl (C=O) groups is 1. The lowest BCUT2D eigenvalue weighted by molar-refractivity contribution is 0.102. The monoisotopic (exact) mass is 359 g/mol. The van der Waals surface area contributed by atoms with Crippen LogP contribution >= 0.6 is 11.3 Å². The predicted molar refractivity (Wildman–Crippen MR) is 96.2 cm³/mol. The Kier molecular flexibility index (Phi) is 4.71. The minimum atomic E-state index is -0.265. The molecule has 0 saturated carbocycles. The molecule has 2 heterocycles. The molecule has 0 fully saturated rings. The van der Waals surface area contributed by atoms with Gasteiger partial charge in [0.25, 0.3) is 5.91 Å². The molecule has 1 amide bonds. The second kappa shape index (κ2) is 6.94. The summed E-state index contributed by atoms with van der Waals surface area (Å²) in [5, 5.41) is 4.62. The number of anilines is 1. The number of thiophene rings is 1. The Balaban J connectivity index is 1.96. The number of carbonyl (C=O) groups excluding carboxylic acids is 1. The van der Waals surface area contributed by atoms with Crippen molar-refractivity contribution in [3.8, 4) is 17.2 Å². The normalized spacial score (nSPS) is 10.6. The zero-order valence-corrected chi connectivity index (χ0v) is 15.1. The summed E-state index contributed by atoms with van der Waals surface area (Å²) in [4.78, 5) is 21.2. The van der Waals surface area contributed by atoms with Gasteiger partial charge in [-0.25, -0.2) is 9.97 Å². The molecule has 0 atom stereocenters. The molecule has 2 aromatic heterocycles. The van der Waals surface area contributed by atoms with E-state index in [0.717, 1.165) is 4.70 Å². The predicted octanol–water partition coefficient (Wildman–Crippen LogP) is 3.28. The maximum absolute atomic E-state index is 12.7. The molecule has 130 valence electrons. The van der Waals surface area contributed by atoms with Gasteiger partial charge in [-0.2, -0.15) is 0 Å². The standard InChI is InChI=1S/C17H17N3O4S/c1-9-18-7-14-15(19-9)11(8-25-14)17(21)20-10-5-12(22-2)16(24-4)13(6-10)23-3/h5-8H,1-4H3,(H,20,21). The van der Waals surface area contributed by atoms with Crippen LogP contribution in [0.15, 0.2) is 23.7 Å². The van der Waals surface area contributed by atoms with Crippen LogP contribution in [-0.2, 0) is 0 Å². The number of fused-ring (bicyclic) bond motifs is 1. The molecule has 0 aliphatic rings. The number of methoxy groups -OCH3 is 3. The van der Waals surface area contributed by atoms with E-state index in [1.54, 1.807) is 30.6 Å². The van der Waals surface area contributed by atoms with Crippen LogP contribution in [0.3, 0.4) is 0 Å². The van der Waals surface area contributed by atoms with E-state index >= 15 is 0 Å². The molecule has 0 aliphatic carbocycles.